The molecule has 3 aromatic rings. The molecule has 1 saturated heterocycles. The molecule has 1 aliphatic rings. The highest BCUT2D eigenvalue weighted by Gasteiger charge is 2.26. The van der Waals surface area contributed by atoms with E-state index in [4.69, 9.17) is 0 Å². The van der Waals surface area contributed by atoms with Gasteiger partial charge in [-0.3, -0.25) is 0 Å². The molecule has 0 amide bonds. The molecule has 1 fully saturated rings. The SMILES string of the molecule is Cc1nn(-c2ccccc2)c(CSc2ccc(S(=O)(=O)N3CCCCC3)cn2)c1C#N. The van der Waals surface area contributed by atoms with E-state index in [1.807, 2.05) is 37.3 Å². The molecule has 0 aliphatic carbocycles. The zero-order valence-electron chi connectivity index (χ0n) is 17.2. The minimum Gasteiger partial charge on any atom is -0.249 e. The molecular weight excluding hydrogens is 430 g/mol. The number of rotatable bonds is 6. The number of benzene rings is 1. The molecule has 0 N–H and O–H groups in total. The maximum absolute atomic E-state index is 12.8. The molecule has 9 heteroatoms. The first-order valence-corrected chi connectivity index (χ1v) is 12.6. The predicted octanol–water partition coefficient (Wildman–Crippen LogP) is 3.91. The van der Waals surface area contributed by atoms with Gasteiger partial charge in [-0.2, -0.15) is 14.7 Å². The van der Waals surface area contributed by atoms with Crippen molar-refractivity contribution in [2.45, 2.75) is 41.9 Å². The quantitative estimate of drug-likeness (QED) is 0.526. The van der Waals surface area contributed by atoms with Crippen molar-refractivity contribution >= 4 is 21.8 Å². The van der Waals surface area contributed by atoms with E-state index in [9.17, 15) is 13.7 Å². The summed E-state index contributed by atoms with van der Waals surface area (Å²) >= 11 is 1.45. The lowest BCUT2D eigenvalue weighted by atomic mass is 10.2. The highest BCUT2D eigenvalue weighted by molar-refractivity contribution is 7.98. The van der Waals surface area contributed by atoms with Crippen LogP contribution in [0, 0.1) is 18.3 Å². The van der Waals surface area contributed by atoms with E-state index in [0.717, 1.165) is 30.6 Å². The minimum atomic E-state index is -3.49. The van der Waals surface area contributed by atoms with Crippen LogP contribution in [0.3, 0.4) is 0 Å². The van der Waals surface area contributed by atoms with E-state index < -0.39 is 10.0 Å². The molecule has 1 aliphatic heterocycles. The molecule has 2 aromatic heterocycles. The Morgan fingerprint density at radius 3 is 2.48 bits per heavy atom. The zero-order valence-corrected chi connectivity index (χ0v) is 18.9. The first kappa shape index (κ1) is 21.6. The maximum atomic E-state index is 12.8. The van der Waals surface area contributed by atoms with E-state index >= 15 is 0 Å². The number of pyridine rings is 1. The summed E-state index contributed by atoms with van der Waals surface area (Å²) in [5, 5.41) is 14.8. The van der Waals surface area contributed by atoms with Crippen LogP contribution in [0.5, 0.6) is 0 Å². The molecule has 4 rings (SSSR count). The summed E-state index contributed by atoms with van der Waals surface area (Å²) < 4.78 is 28.9. The van der Waals surface area contributed by atoms with E-state index in [1.54, 1.807) is 21.1 Å². The van der Waals surface area contributed by atoms with E-state index in [1.165, 1.54) is 18.0 Å². The van der Waals surface area contributed by atoms with Gasteiger partial charge in [0.2, 0.25) is 10.0 Å². The summed E-state index contributed by atoms with van der Waals surface area (Å²) in [6, 6.07) is 15.3. The molecule has 0 atom stereocenters. The van der Waals surface area contributed by atoms with Crippen LogP contribution in [0.25, 0.3) is 5.69 Å². The van der Waals surface area contributed by atoms with Crippen LogP contribution < -0.4 is 0 Å². The third-order valence-corrected chi connectivity index (χ3v) is 8.12. The van der Waals surface area contributed by atoms with Crippen molar-refractivity contribution in [2.75, 3.05) is 13.1 Å². The number of nitriles is 1. The van der Waals surface area contributed by atoms with Crippen molar-refractivity contribution in [1.29, 1.82) is 5.26 Å². The number of thioether (sulfide) groups is 1. The van der Waals surface area contributed by atoms with Crippen LogP contribution in [0.2, 0.25) is 0 Å². The average Bonchev–Trinajstić information content (AvgIpc) is 3.14. The number of nitrogens with zero attached hydrogens (tertiary/aromatic N) is 5. The van der Waals surface area contributed by atoms with Crippen LogP contribution >= 0.6 is 11.8 Å². The Morgan fingerprint density at radius 2 is 1.84 bits per heavy atom. The third-order valence-electron chi connectivity index (χ3n) is 5.29. The monoisotopic (exact) mass is 453 g/mol. The Labute approximate surface area is 186 Å². The Bertz CT molecular complexity index is 1190. The molecule has 3 heterocycles. The number of aromatic nitrogens is 3. The van der Waals surface area contributed by atoms with Gasteiger partial charge < -0.3 is 0 Å². The first-order valence-electron chi connectivity index (χ1n) is 10.1. The number of hydrogen-bond donors (Lipinski definition) is 0. The van der Waals surface area contributed by atoms with Gasteiger partial charge in [0, 0.05) is 25.0 Å². The van der Waals surface area contributed by atoms with Crippen molar-refractivity contribution in [2.24, 2.45) is 0 Å². The molecule has 0 unspecified atom stereocenters. The average molecular weight is 454 g/mol. The van der Waals surface area contributed by atoms with Gasteiger partial charge in [-0.15, -0.1) is 0 Å². The molecule has 7 nitrogen and oxygen atoms in total. The fourth-order valence-corrected chi connectivity index (χ4v) is 5.94. The highest BCUT2D eigenvalue weighted by atomic mass is 32.2. The second-order valence-electron chi connectivity index (χ2n) is 7.35. The molecule has 0 radical (unpaired) electrons. The fourth-order valence-electron chi connectivity index (χ4n) is 3.64. The summed E-state index contributed by atoms with van der Waals surface area (Å²) in [4.78, 5) is 4.59. The minimum absolute atomic E-state index is 0.224. The highest BCUT2D eigenvalue weighted by Crippen LogP contribution is 2.27. The molecule has 160 valence electrons. The topological polar surface area (TPSA) is 91.9 Å². The van der Waals surface area contributed by atoms with Crippen LogP contribution in [-0.2, 0) is 15.8 Å². The predicted molar refractivity (Wildman–Crippen MR) is 119 cm³/mol. The number of piperidine rings is 1. The van der Waals surface area contributed by atoms with Gasteiger partial charge in [-0.25, -0.2) is 18.1 Å². The van der Waals surface area contributed by atoms with Gasteiger partial charge in [-0.1, -0.05) is 36.4 Å². The molecule has 0 bridgehead atoms. The largest absolute Gasteiger partial charge is 0.249 e. The van der Waals surface area contributed by atoms with Crippen molar-refractivity contribution in [3.05, 3.63) is 65.6 Å². The van der Waals surface area contributed by atoms with Crippen molar-refractivity contribution in [1.82, 2.24) is 19.1 Å². The van der Waals surface area contributed by atoms with Crippen molar-refractivity contribution in [3.8, 4) is 11.8 Å². The molecular formula is C22H23N5O2S2. The lowest BCUT2D eigenvalue weighted by molar-refractivity contribution is 0.346. The Morgan fingerprint density at radius 1 is 1.10 bits per heavy atom. The maximum Gasteiger partial charge on any atom is 0.244 e. The van der Waals surface area contributed by atoms with Crippen LogP contribution in [0.4, 0.5) is 0 Å². The number of aryl methyl sites for hydroxylation is 1. The second kappa shape index (κ2) is 9.22. The fraction of sp³-hybridized carbons (Fsp3) is 0.318. The Balaban J connectivity index is 1.53. The molecule has 0 spiro atoms. The van der Waals surface area contributed by atoms with Crippen molar-refractivity contribution < 1.29 is 8.42 Å². The Kier molecular flexibility index (Phi) is 6.41. The molecule has 1 aromatic carbocycles. The van der Waals surface area contributed by atoms with E-state index in [-0.39, 0.29) is 4.90 Å². The third kappa shape index (κ3) is 4.51. The second-order valence-corrected chi connectivity index (χ2v) is 10.3. The van der Waals surface area contributed by atoms with Gasteiger partial charge in [0.15, 0.2) is 0 Å². The first-order chi connectivity index (χ1) is 15.0. The number of hydrogen-bond acceptors (Lipinski definition) is 6. The summed E-state index contributed by atoms with van der Waals surface area (Å²) in [5.41, 5.74) is 2.92. The van der Waals surface area contributed by atoms with Gasteiger partial charge in [0.1, 0.15) is 11.0 Å². The Hall–Kier alpha value is -2.67. The number of para-hydroxylation sites is 1. The van der Waals surface area contributed by atoms with Crippen LogP contribution in [0.15, 0.2) is 58.6 Å². The van der Waals surface area contributed by atoms with Gasteiger partial charge in [0.25, 0.3) is 0 Å². The van der Waals surface area contributed by atoms with Gasteiger partial charge >= 0.3 is 0 Å². The summed E-state index contributed by atoms with van der Waals surface area (Å²) in [7, 11) is -3.49. The van der Waals surface area contributed by atoms with Gasteiger partial charge in [0.05, 0.1) is 27.7 Å². The number of sulfonamides is 1. The lowest BCUT2D eigenvalue weighted by Crippen LogP contribution is -2.35. The summed E-state index contributed by atoms with van der Waals surface area (Å²) in [6.45, 7) is 2.96. The normalized spacial score (nSPS) is 15.0. The summed E-state index contributed by atoms with van der Waals surface area (Å²) in [5.74, 6) is 0.490. The molecule has 0 saturated carbocycles. The summed E-state index contributed by atoms with van der Waals surface area (Å²) in [6.07, 6.45) is 4.30. The van der Waals surface area contributed by atoms with Crippen LogP contribution in [0.1, 0.15) is 36.2 Å². The smallest absolute Gasteiger partial charge is 0.244 e. The standard InChI is InChI=1S/C22H23N5O2S2/c1-17-20(14-23)21(27(25-17)18-8-4-2-5-9-18)16-30-22-11-10-19(15-24-22)31(28,29)26-12-6-3-7-13-26/h2,4-5,8-11,15H,3,6-7,12-13,16H2,1H3. The zero-order chi connectivity index (χ0) is 21.8. The van der Waals surface area contributed by atoms with E-state index in [2.05, 4.69) is 16.2 Å². The lowest BCUT2D eigenvalue weighted by Gasteiger charge is -2.25. The molecule has 31 heavy (non-hydrogen) atoms. The van der Waals surface area contributed by atoms with Crippen molar-refractivity contribution in [3.63, 3.8) is 0 Å². The van der Waals surface area contributed by atoms with E-state index in [0.29, 0.717) is 35.1 Å². The van der Waals surface area contributed by atoms with Gasteiger partial charge in [-0.05, 0) is 44.0 Å². The van der Waals surface area contributed by atoms with Crippen LogP contribution in [-0.4, -0.2) is 40.6 Å².